The molecule has 132 valence electrons. The van der Waals surface area contributed by atoms with E-state index in [0.29, 0.717) is 28.3 Å². The number of ether oxygens (including phenoxy) is 1. The van der Waals surface area contributed by atoms with Gasteiger partial charge in [-0.2, -0.15) is 0 Å². The first-order chi connectivity index (χ1) is 12.5. The molecule has 26 heavy (non-hydrogen) atoms. The Kier molecular flexibility index (Phi) is 3.96. The number of benzene rings is 1. The third kappa shape index (κ3) is 2.47. The van der Waals surface area contributed by atoms with Gasteiger partial charge in [0, 0.05) is 21.4 Å². The Labute approximate surface area is 157 Å². The summed E-state index contributed by atoms with van der Waals surface area (Å²) in [4.78, 5) is 28.5. The molecule has 2 aromatic heterocycles. The molecule has 0 fully saturated rings. The summed E-state index contributed by atoms with van der Waals surface area (Å²) in [5, 5.41) is 2.88. The van der Waals surface area contributed by atoms with E-state index in [0.717, 1.165) is 15.7 Å². The van der Waals surface area contributed by atoms with Gasteiger partial charge in [0.2, 0.25) is 5.91 Å². The van der Waals surface area contributed by atoms with Crippen molar-refractivity contribution in [2.45, 2.75) is 12.8 Å². The van der Waals surface area contributed by atoms with Gasteiger partial charge in [-0.15, -0.1) is 0 Å². The maximum atomic E-state index is 12.8. The minimum Gasteiger partial charge on any atom is -0.465 e. The van der Waals surface area contributed by atoms with E-state index in [1.807, 2.05) is 18.2 Å². The lowest BCUT2D eigenvalue weighted by molar-refractivity contribution is -0.116. The highest BCUT2D eigenvalue weighted by Crippen LogP contribution is 2.44. The summed E-state index contributed by atoms with van der Waals surface area (Å²) in [6.07, 6.45) is 1.55. The highest BCUT2D eigenvalue weighted by molar-refractivity contribution is 9.10. The number of esters is 1. The molecule has 6 nitrogen and oxygen atoms in total. The van der Waals surface area contributed by atoms with Gasteiger partial charge >= 0.3 is 5.97 Å². The molecule has 3 aromatic rings. The Morgan fingerprint density at radius 2 is 2.12 bits per heavy atom. The number of carbonyl (C=O) groups is 2. The molecule has 1 unspecified atom stereocenters. The predicted octanol–water partition coefficient (Wildman–Crippen LogP) is 4.22. The number of furan rings is 1. The number of hydrogen-bond acceptors (Lipinski definition) is 4. The number of anilines is 1. The largest absolute Gasteiger partial charge is 0.465 e. The summed E-state index contributed by atoms with van der Waals surface area (Å²) in [6.45, 7) is 1.77. The number of aromatic nitrogens is 1. The number of aryl methyl sites for hydroxylation is 1. The fourth-order valence-corrected chi connectivity index (χ4v) is 3.81. The van der Waals surface area contributed by atoms with Gasteiger partial charge in [-0.3, -0.25) is 4.79 Å². The molecule has 7 heteroatoms. The van der Waals surface area contributed by atoms with E-state index in [4.69, 9.17) is 9.15 Å². The van der Waals surface area contributed by atoms with Crippen LogP contribution in [0.5, 0.6) is 0 Å². The standard InChI is InChI=1S/C19H15BrN2O4/c1-9-14(19(24)25-2)16(17(21-9)13-4-3-7-26-13)15-11-8-10(20)5-6-12(11)22-18(15)23/h3-8,15,21H,1-2H3,(H,22,23). The zero-order chi connectivity index (χ0) is 18.4. The van der Waals surface area contributed by atoms with Crippen molar-refractivity contribution in [2.75, 3.05) is 12.4 Å². The topological polar surface area (TPSA) is 84.3 Å². The lowest BCUT2D eigenvalue weighted by atomic mass is 9.88. The van der Waals surface area contributed by atoms with E-state index in [2.05, 4.69) is 26.2 Å². The Hall–Kier alpha value is -2.80. The molecule has 4 rings (SSSR count). The molecule has 0 aliphatic carbocycles. The minimum absolute atomic E-state index is 0.199. The number of nitrogens with one attached hydrogen (secondary N) is 2. The van der Waals surface area contributed by atoms with Crippen molar-refractivity contribution in [3.05, 3.63) is 63.5 Å². The molecule has 1 aliphatic rings. The second kappa shape index (κ2) is 6.17. The van der Waals surface area contributed by atoms with E-state index < -0.39 is 11.9 Å². The van der Waals surface area contributed by atoms with E-state index >= 15 is 0 Å². The Balaban J connectivity index is 2.01. The minimum atomic E-state index is -0.651. The molecule has 3 heterocycles. The van der Waals surface area contributed by atoms with Gasteiger partial charge in [0.1, 0.15) is 5.76 Å². The lowest BCUT2D eigenvalue weighted by Gasteiger charge is -2.12. The van der Waals surface area contributed by atoms with Gasteiger partial charge in [0.15, 0.2) is 0 Å². The fourth-order valence-electron chi connectivity index (χ4n) is 3.43. The number of aromatic amines is 1. The second-order valence-corrected chi connectivity index (χ2v) is 6.95. The molecule has 0 radical (unpaired) electrons. The summed E-state index contributed by atoms with van der Waals surface area (Å²) in [6, 6.07) is 9.11. The first-order valence-electron chi connectivity index (χ1n) is 7.96. The van der Waals surface area contributed by atoms with Crippen LogP contribution in [0.2, 0.25) is 0 Å². The first kappa shape index (κ1) is 16.7. The number of methoxy groups -OCH3 is 1. The van der Waals surface area contributed by atoms with Crippen LogP contribution in [0.1, 0.15) is 33.1 Å². The Bertz CT molecular complexity index is 1020. The van der Waals surface area contributed by atoms with Crippen molar-refractivity contribution in [1.82, 2.24) is 4.98 Å². The number of H-pyrrole nitrogens is 1. The highest BCUT2D eigenvalue weighted by atomic mass is 79.9. The molecule has 2 N–H and O–H groups in total. The molecule has 1 amide bonds. The van der Waals surface area contributed by atoms with Gasteiger partial charge in [-0.05, 0) is 42.8 Å². The van der Waals surface area contributed by atoms with E-state index in [1.165, 1.54) is 7.11 Å². The van der Waals surface area contributed by atoms with Crippen LogP contribution in [0.15, 0.2) is 45.5 Å². The highest BCUT2D eigenvalue weighted by Gasteiger charge is 2.39. The normalized spacial score (nSPS) is 15.7. The van der Waals surface area contributed by atoms with Gasteiger partial charge < -0.3 is 19.5 Å². The molecule has 0 bridgehead atoms. The number of carbonyl (C=O) groups excluding carboxylic acids is 2. The van der Waals surface area contributed by atoms with E-state index in [1.54, 1.807) is 25.3 Å². The van der Waals surface area contributed by atoms with Gasteiger partial charge in [0.25, 0.3) is 0 Å². The predicted molar refractivity (Wildman–Crippen MR) is 99.2 cm³/mol. The molecule has 1 aromatic carbocycles. The van der Waals surface area contributed by atoms with Gasteiger partial charge in [0.05, 0.1) is 30.5 Å². The van der Waals surface area contributed by atoms with Crippen molar-refractivity contribution in [1.29, 1.82) is 0 Å². The van der Waals surface area contributed by atoms with Crippen molar-refractivity contribution >= 4 is 33.5 Å². The van der Waals surface area contributed by atoms with Crippen LogP contribution in [0.25, 0.3) is 11.5 Å². The van der Waals surface area contributed by atoms with Crippen molar-refractivity contribution < 1.29 is 18.7 Å². The van der Waals surface area contributed by atoms with Crippen LogP contribution in [0.3, 0.4) is 0 Å². The van der Waals surface area contributed by atoms with Crippen molar-refractivity contribution in [2.24, 2.45) is 0 Å². The Morgan fingerprint density at radius 1 is 1.31 bits per heavy atom. The molecule has 0 spiro atoms. The zero-order valence-electron chi connectivity index (χ0n) is 14.1. The average Bonchev–Trinajstić information content (AvgIpc) is 3.31. The molecular formula is C19H15BrN2O4. The number of halogens is 1. The lowest BCUT2D eigenvalue weighted by Crippen LogP contribution is -2.17. The molecule has 1 atom stereocenters. The first-order valence-corrected chi connectivity index (χ1v) is 8.75. The number of hydrogen-bond donors (Lipinski definition) is 2. The summed E-state index contributed by atoms with van der Waals surface area (Å²) < 4.78 is 11.3. The van der Waals surface area contributed by atoms with Crippen molar-refractivity contribution in [3.63, 3.8) is 0 Å². The van der Waals surface area contributed by atoms with Gasteiger partial charge in [-0.25, -0.2) is 4.79 Å². The summed E-state index contributed by atoms with van der Waals surface area (Å²) in [5.74, 6) is -0.797. The molecular weight excluding hydrogens is 400 g/mol. The second-order valence-electron chi connectivity index (χ2n) is 6.04. The van der Waals surface area contributed by atoms with Crippen LogP contribution >= 0.6 is 15.9 Å². The number of amides is 1. The van der Waals surface area contributed by atoms with Gasteiger partial charge in [-0.1, -0.05) is 15.9 Å². The summed E-state index contributed by atoms with van der Waals surface area (Å²) in [5.41, 5.74) is 3.64. The summed E-state index contributed by atoms with van der Waals surface area (Å²) in [7, 11) is 1.32. The fraction of sp³-hybridized carbons (Fsp3) is 0.158. The third-order valence-corrected chi connectivity index (χ3v) is 5.01. The molecule has 0 saturated carbocycles. The van der Waals surface area contributed by atoms with Crippen LogP contribution < -0.4 is 5.32 Å². The maximum absolute atomic E-state index is 12.8. The van der Waals surface area contributed by atoms with Crippen LogP contribution in [0.4, 0.5) is 5.69 Å². The monoisotopic (exact) mass is 414 g/mol. The maximum Gasteiger partial charge on any atom is 0.340 e. The summed E-state index contributed by atoms with van der Waals surface area (Å²) >= 11 is 3.45. The quantitative estimate of drug-likeness (QED) is 0.628. The van der Waals surface area contributed by atoms with Crippen LogP contribution in [-0.4, -0.2) is 24.0 Å². The molecule has 1 aliphatic heterocycles. The third-order valence-electron chi connectivity index (χ3n) is 4.52. The van der Waals surface area contributed by atoms with Crippen LogP contribution in [0, 0.1) is 6.92 Å². The van der Waals surface area contributed by atoms with Crippen LogP contribution in [-0.2, 0) is 9.53 Å². The number of rotatable bonds is 3. The average molecular weight is 415 g/mol. The van der Waals surface area contributed by atoms with E-state index in [9.17, 15) is 9.59 Å². The smallest absolute Gasteiger partial charge is 0.340 e. The Morgan fingerprint density at radius 3 is 2.81 bits per heavy atom. The van der Waals surface area contributed by atoms with Crippen molar-refractivity contribution in [3.8, 4) is 11.5 Å². The zero-order valence-corrected chi connectivity index (χ0v) is 15.6. The number of fused-ring (bicyclic) bond motifs is 1. The van der Waals surface area contributed by atoms with E-state index in [-0.39, 0.29) is 5.91 Å². The molecule has 0 saturated heterocycles. The SMILES string of the molecule is COC(=O)c1c(C)[nH]c(-c2ccco2)c1C1C(=O)Nc2ccc(Br)cc21.